The van der Waals surface area contributed by atoms with Crippen LogP contribution >= 0.6 is 28.3 Å². The van der Waals surface area contributed by atoms with E-state index >= 15 is 0 Å². The van der Waals surface area contributed by atoms with Crippen molar-refractivity contribution in [1.29, 1.82) is 0 Å². The summed E-state index contributed by atoms with van der Waals surface area (Å²) >= 11 is 3.44. The molecule has 1 aliphatic heterocycles. The predicted molar refractivity (Wildman–Crippen MR) is 85.7 cm³/mol. The van der Waals surface area contributed by atoms with E-state index in [0.717, 1.165) is 42.0 Å². The Morgan fingerprint density at radius 3 is 2.70 bits per heavy atom. The summed E-state index contributed by atoms with van der Waals surface area (Å²) in [6, 6.07) is 6.06. The summed E-state index contributed by atoms with van der Waals surface area (Å²) in [5, 5.41) is 3.33. The number of halogens is 3. The zero-order valence-corrected chi connectivity index (χ0v) is 14.0. The Kier molecular flexibility index (Phi) is 7.80. The number of rotatable bonds is 5. The second-order valence-corrected chi connectivity index (χ2v) is 5.58. The Hall–Kier alpha value is -0.360. The van der Waals surface area contributed by atoms with Crippen LogP contribution in [0.2, 0.25) is 0 Å². The molecule has 1 aromatic carbocycles. The lowest BCUT2D eigenvalue weighted by atomic mass is 10.0. The van der Waals surface area contributed by atoms with Crippen LogP contribution in [0, 0.1) is 0 Å². The van der Waals surface area contributed by atoms with Crippen molar-refractivity contribution in [2.45, 2.75) is 12.5 Å². The van der Waals surface area contributed by atoms with Crippen LogP contribution in [0.3, 0.4) is 0 Å². The third kappa shape index (κ3) is 4.32. The molecule has 1 aromatic rings. The average Bonchev–Trinajstić information content (AvgIpc) is 2.46. The molecule has 0 aromatic heterocycles. The van der Waals surface area contributed by atoms with Gasteiger partial charge in [-0.2, -0.15) is 0 Å². The van der Waals surface area contributed by atoms with E-state index in [1.807, 2.05) is 18.2 Å². The summed E-state index contributed by atoms with van der Waals surface area (Å²) < 4.78 is 19.3. The van der Waals surface area contributed by atoms with E-state index in [1.54, 1.807) is 7.11 Å². The molecule has 0 amide bonds. The Morgan fingerprint density at radius 2 is 2.10 bits per heavy atom. The van der Waals surface area contributed by atoms with Crippen molar-refractivity contribution in [3.05, 3.63) is 28.2 Å². The van der Waals surface area contributed by atoms with Crippen LogP contribution in [0.25, 0.3) is 0 Å². The van der Waals surface area contributed by atoms with Gasteiger partial charge in [0.1, 0.15) is 5.75 Å². The fraction of sp³-hybridized carbons (Fsp3) is 0.571. The Balaban J connectivity index is 0.00000200. The smallest absolute Gasteiger partial charge is 0.124 e. The topological polar surface area (TPSA) is 24.5 Å². The highest BCUT2D eigenvalue weighted by molar-refractivity contribution is 9.10. The number of nitrogens with one attached hydrogen (secondary N) is 1. The minimum Gasteiger partial charge on any atom is -0.496 e. The van der Waals surface area contributed by atoms with Crippen molar-refractivity contribution in [2.75, 3.05) is 40.0 Å². The molecule has 6 heteroatoms. The van der Waals surface area contributed by atoms with Crippen molar-refractivity contribution < 1.29 is 9.13 Å². The largest absolute Gasteiger partial charge is 0.496 e. The van der Waals surface area contributed by atoms with Gasteiger partial charge in [0.05, 0.1) is 13.8 Å². The highest BCUT2D eigenvalue weighted by atomic mass is 79.9. The van der Waals surface area contributed by atoms with Crippen molar-refractivity contribution >= 4 is 28.3 Å². The number of nitrogens with zero attached hydrogens (tertiary/aromatic N) is 1. The first-order valence-corrected chi connectivity index (χ1v) is 7.39. The molecule has 2 rings (SSSR count). The maximum atomic E-state index is 12.9. The molecule has 114 valence electrons. The van der Waals surface area contributed by atoms with Crippen molar-refractivity contribution in [3.63, 3.8) is 0 Å². The first-order chi connectivity index (χ1) is 9.26. The maximum absolute atomic E-state index is 12.9. The summed E-state index contributed by atoms with van der Waals surface area (Å²) in [4.78, 5) is 2.34. The average molecular weight is 368 g/mol. The van der Waals surface area contributed by atoms with Crippen LogP contribution in [0.5, 0.6) is 5.75 Å². The minimum absolute atomic E-state index is 0. The van der Waals surface area contributed by atoms with Gasteiger partial charge in [-0.15, -0.1) is 12.4 Å². The van der Waals surface area contributed by atoms with Gasteiger partial charge in [0, 0.05) is 42.3 Å². The van der Waals surface area contributed by atoms with Gasteiger partial charge >= 0.3 is 0 Å². The molecule has 1 saturated heterocycles. The number of benzene rings is 1. The molecule has 1 N–H and O–H groups in total. The van der Waals surface area contributed by atoms with Gasteiger partial charge in [-0.3, -0.25) is 9.29 Å². The summed E-state index contributed by atoms with van der Waals surface area (Å²) in [6.07, 6.45) is 0.512. The summed E-state index contributed by atoms with van der Waals surface area (Å²) in [5.74, 6) is 0.825. The third-order valence-electron chi connectivity index (χ3n) is 3.53. The minimum atomic E-state index is -0.312. The molecule has 3 nitrogen and oxygen atoms in total. The van der Waals surface area contributed by atoms with Crippen molar-refractivity contribution in [3.8, 4) is 5.75 Å². The van der Waals surface area contributed by atoms with E-state index in [1.165, 1.54) is 0 Å². The van der Waals surface area contributed by atoms with Crippen LogP contribution in [-0.2, 0) is 0 Å². The SMILES string of the molecule is COc1cc(Br)ccc1[C@H](CCF)N1CCNCC1.Cl. The van der Waals surface area contributed by atoms with E-state index in [2.05, 4.69) is 26.1 Å². The number of hydrogen-bond donors (Lipinski definition) is 1. The normalized spacial score (nSPS) is 17.4. The molecular weight excluding hydrogens is 347 g/mol. The lowest BCUT2D eigenvalue weighted by Gasteiger charge is -2.35. The van der Waals surface area contributed by atoms with Crippen molar-refractivity contribution in [2.24, 2.45) is 0 Å². The molecule has 0 bridgehead atoms. The summed E-state index contributed by atoms with van der Waals surface area (Å²) in [7, 11) is 1.66. The highest BCUT2D eigenvalue weighted by Crippen LogP contribution is 2.34. The Morgan fingerprint density at radius 1 is 1.40 bits per heavy atom. The first kappa shape index (κ1) is 17.7. The van der Waals surface area contributed by atoms with E-state index < -0.39 is 0 Å². The van der Waals surface area contributed by atoms with Gasteiger partial charge in [0.25, 0.3) is 0 Å². The Labute approximate surface area is 134 Å². The second kappa shape index (κ2) is 8.82. The van der Waals surface area contributed by atoms with Gasteiger partial charge in [0.15, 0.2) is 0 Å². The number of piperazine rings is 1. The van der Waals surface area contributed by atoms with E-state index in [9.17, 15) is 4.39 Å². The monoisotopic (exact) mass is 366 g/mol. The van der Waals surface area contributed by atoms with E-state index in [4.69, 9.17) is 4.74 Å². The highest BCUT2D eigenvalue weighted by Gasteiger charge is 2.24. The van der Waals surface area contributed by atoms with Crippen LogP contribution in [-0.4, -0.2) is 44.9 Å². The quantitative estimate of drug-likeness (QED) is 0.865. The molecule has 1 fully saturated rings. The predicted octanol–water partition coefficient (Wildman–Crippen LogP) is 3.19. The number of hydrogen-bond acceptors (Lipinski definition) is 3. The van der Waals surface area contributed by atoms with E-state index in [0.29, 0.717) is 6.42 Å². The molecule has 0 radical (unpaired) electrons. The van der Waals surface area contributed by atoms with Crippen LogP contribution in [0.15, 0.2) is 22.7 Å². The first-order valence-electron chi connectivity index (χ1n) is 6.60. The maximum Gasteiger partial charge on any atom is 0.124 e. The second-order valence-electron chi connectivity index (χ2n) is 4.67. The van der Waals surface area contributed by atoms with Gasteiger partial charge < -0.3 is 10.1 Å². The fourth-order valence-electron chi connectivity index (χ4n) is 2.59. The number of ether oxygens (including phenoxy) is 1. The van der Waals surface area contributed by atoms with Crippen molar-refractivity contribution in [1.82, 2.24) is 10.2 Å². The van der Waals surface area contributed by atoms with E-state index in [-0.39, 0.29) is 25.1 Å². The molecule has 1 atom stereocenters. The molecule has 0 spiro atoms. The third-order valence-corrected chi connectivity index (χ3v) is 4.02. The van der Waals surface area contributed by atoms with Gasteiger partial charge in [-0.1, -0.05) is 22.0 Å². The number of alkyl halides is 1. The van der Waals surface area contributed by atoms with Crippen LogP contribution in [0.4, 0.5) is 4.39 Å². The molecule has 0 saturated carbocycles. The lowest BCUT2D eigenvalue weighted by molar-refractivity contribution is 0.155. The molecule has 0 aliphatic carbocycles. The lowest BCUT2D eigenvalue weighted by Crippen LogP contribution is -2.45. The molecule has 1 aliphatic rings. The molecule has 20 heavy (non-hydrogen) atoms. The van der Waals surface area contributed by atoms with Gasteiger partial charge in [-0.05, 0) is 18.6 Å². The zero-order valence-electron chi connectivity index (χ0n) is 11.6. The zero-order chi connectivity index (χ0) is 13.7. The fourth-order valence-corrected chi connectivity index (χ4v) is 2.93. The van der Waals surface area contributed by atoms with Crippen LogP contribution in [0.1, 0.15) is 18.0 Å². The summed E-state index contributed by atoms with van der Waals surface area (Å²) in [6.45, 7) is 3.50. The molecule has 1 heterocycles. The standard InChI is InChI=1S/C14H20BrFN2O.ClH/c1-19-14-10-11(15)2-3-12(14)13(4-5-16)18-8-6-17-7-9-18;/h2-3,10,13,17H,4-9H2,1H3;1H/t13-;/m0./s1. The molecular formula is C14H21BrClFN2O. The van der Waals surface area contributed by atoms with Gasteiger partial charge in [-0.25, -0.2) is 0 Å². The Bertz CT molecular complexity index is 416. The summed E-state index contributed by atoms with van der Waals surface area (Å²) in [5.41, 5.74) is 1.07. The van der Waals surface area contributed by atoms with Gasteiger partial charge in [0.2, 0.25) is 0 Å². The number of methoxy groups -OCH3 is 1. The molecule has 0 unspecified atom stereocenters. The van der Waals surface area contributed by atoms with Crippen LogP contribution < -0.4 is 10.1 Å².